The van der Waals surface area contributed by atoms with Gasteiger partial charge in [0.15, 0.2) is 0 Å². The van der Waals surface area contributed by atoms with E-state index in [0.717, 1.165) is 46.5 Å². The monoisotopic (exact) mass is 764 g/mol. The third kappa shape index (κ3) is 6.91. The SMILES string of the molecule is CCCCC(CC)Cc1ccc(-c2ccc(-c3c4c(c(-c5ccc(-c6ccc(CC(C)CC)c7ccccc67)cc5)c5nonc35)N=S=N4)cc2)c2ccccc12. The topological polar surface area (TPSA) is 63.6 Å². The number of hydrogen-bond donors (Lipinski definition) is 0. The van der Waals surface area contributed by atoms with E-state index in [9.17, 15) is 0 Å². The zero-order valence-electron chi connectivity index (χ0n) is 33.3. The van der Waals surface area contributed by atoms with Crippen LogP contribution in [0.15, 0.2) is 135 Å². The molecule has 5 nitrogen and oxygen atoms in total. The smallest absolute Gasteiger partial charge is 0.146 e. The Hall–Kier alpha value is -5.72. The number of unbranched alkanes of at least 4 members (excludes halogenated alkanes) is 1. The Morgan fingerprint density at radius 3 is 1.47 bits per heavy atom. The average molecular weight is 765 g/mol. The van der Waals surface area contributed by atoms with Crippen molar-refractivity contribution in [3.63, 3.8) is 0 Å². The summed E-state index contributed by atoms with van der Waals surface area (Å²) < 4.78 is 15.2. The van der Waals surface area contributed by atoms with Crippen molar-refractivity contribution in [2.24, 2.45) is 20.6 Å². The molecule has 0 radical (unpaired) electrons. The number of aromatic nitrogens is 2. The van der Waals surface area contributed by atoms with Crippen LogP contribution < -0.4 is 0 Å². The lowest BCUT2D eigenvalue weighted by Gasteiger charge is -2.18. The number of rotatable bonds is 13. The zero-order chi connectivity index (χ0) is 38.9. The lowest BCUT2D eigenvalue weighted by Crippen LogP contribution is -2.04. The largest absolute Gasteiger partial charge is 0.243 e. The molecule has 1 aromatic heterocycles. The molecule has 9 rings (SSSR count). The second-order valence-corrected chi connectivity index (χ2v) is 16.3. The predicted molar refractivity (Wildman–Crippen MR) is 240 cm³/mol. The van der Waals surface area contributed by atoms with Gasteiger partial charge in [-0.05, 0) is 101 Å². The van der Waals surface area contributed by atoms with Gasteiger partial charge < -0.3 is 0 Å². The molecule has 7 aromatic carbocycles. The van der Waals surface area contributed by atoms with Crippen molar-refractivity contribution in [1.29, 1.82) is 0 Å². The molecule has 284 valence electrons. The summed E-state index contributed by atoms with van der Waals surface area (Å²) in [5.41, 5.74) is 14.5. The third-order valence-electron chi connectivity index (χ3n) is 12.2. The first-order chi connectivity index (χ1) is 28.1. The van der Waals surface area contributed by atoms with E-state index < -0.39 is 0 Å². The highest BCUT2D eigenvalue weighted by Crippen LogP contribution is 2.52. The third-order valence-corrected chi connectivity index (χ3v) is 12.8. The molecule has 0 fully saturated rings. The molecule has 0 saturated carbocycles. The molecule has 8 aromatic rings. The van der Waals surface area contributed by atoms with Gasteiger partial charge in [0, 0.05) is 11.1 Å². The van der Waals surface area contributed by atoms with E-state index in [1.54, 1.807) is 0 Å². The fraction of sp³-hybridized carbons (Fsp3) is 0.255. The molecule has 0 bridgehead atoms. The van der Waals surface area contributed by atoms with Crippen molar-refractivity contribution >= 4 is 55.3 Å². The molecule has 1 aliphatic rings. The Morgan fingerprint density at radius 1 is 0.526 bits per heavy atom. The minimum Gasteiger partial charge on any atom is -0.243 e. The van der Waals surface area contributed by atoms with E-state index in [4.69, 9.17) is 13.4 Å². The molecule has 57 heavy (non-hydrogen) atoms. The van der Waals surface area contributed by atoms with Crippen LogP contribution in [0, 0.1) is 11.8 Å². The number of hydrogen-bond acceptors (Lipinski definition) is 5. The highest BCUT2D eigenvalue weighted by Gasteiger charge is 2.27. The van der Waals surface area contributed by atoms with E-state index in [1.807, 2.05) is 0 Å². The van der Waals surface area contributed by atoms with Crippen LogP contribution in [0.4, 0.5) is 11.4 Å². The van der Waals surface area contributed by atoms with Crippen molar-refractivity contribution in [2.75, 3.05) is 0 Å². The lowest BCUT2D eigenvalue weighted by atomic mass is 9.87. The van der Waals surface area contributed by atoms with Crippen LogP contribution in [0.3, 0.4) is 0 Å². The van der Waals surface area contributed by atoms with E-state index in [0.29, 0.717) is 22.9 Å². The minimum atomic E-state index is 0.645. The van der Waals surface area contributed by atoms with Crippen molar-refractivity contribution in [2.45, 2.75) is 72.6 Å². The zero-order valence-corrected chi connectivity index (χ0v) is 34.1. The first kappa shape index (κ1) is 36.9. The van der Waals surface area contributed by atoms with E-state index in [1.165, 1.54) is 98.4 Å². The molecule has 0 N–H and O–H groups in total. The van der Waals surface area contributed by atoms with E-state index in [2.05, 4.69) is 159 Å². The molecule has 0 spiro atoms. The summed E-state index contributed by atoms with van der Waals surface area (Å²) >= 11 is 1.22. The van der Waals surface area contributed by atoms with Gasteiger partial charge in [-0.3, -0.25) is 0 Å². The summed E-state index contributed by atoms with van der Waals surface area (Å²) in [5, 5.41) is 14.2. The summed E-state index contributed by atoms with van der Waals surface area (Å²) in [6, 6.07) is 44.4. The normalized spacial score (nSPS) is 13.3. The van der Waals surface area contributed by atoms with Crippen molar-refractivity contribution in [3.05, 3.63) is 132 Å². The first-order valence-electron chi connectivity index (χ1n) is 20.7. The highest BCUT2D eigenvalue weighted by molar-refractivity contribution is 7.58. The second kappa shape index (κ2) is 16.0. The first-order valence-corrected chi connectivity index (χ1v) is 21.4. The molecular weight excluding hydrogens is 717 g/mol. The molecular formula is C51H48N4OS. The van der Waals surface area contributed by atoms with Crippen LogP contribution in [-0.4, -0.2) is 10.3 Å². The maximum Gasteiger partial charge on any atom is 0.146 e. The number of nitrogens with zero attached hydrogens (tertiary/aromatic N) is 4. The van der Waals surface area contributed by atoms with Gasteiger partial charge in [0.25, 0.3) is 0 Å². The van der Waals surface area contributed by atoms with E-state index >= 15 is 0 Å². The van der Waals surface area contributed by atoms with Crippen molar-refractivity contribution in [1.82, 2.24) is 10.3 Å². The van der Waals surface area contributed by atoms with Crippen LogP contribution in [0.2, 0.25) is 0 Å². The van der Waals surface area contributed by atoms with Gasteiger partial charge >= 0.3 is 0 Å². The second-order valence-electron chi connectivity index (χ2n) is 15.8. The fourth-order valence-corrected chi connectivity index (χ4v) is 9.35. The van der Waals surface area contributed by atoms with Crippen LogP contribution in [0.5, 0.6) is 0 Å². The quantitative estimate of drug-likeness (QED) is 0.117. The minimum absolute atomic E-state index is 0.645. The molecule has 6 heteroatoms. The van der Waals surface area contributed by atoms with Crippen LogP contribution in [0.25, 0.3) is 77.1 Å². The van der Waals surface area contributed by atoms with Gasteiger partial charge in [0.05, 0.1) is 11.4 Å². The lowest BCUT2D eigenvalue weighted by molar-refractivity contribution is 0.315. The summed E-state index contributed by atoms with van der Waals surface area (Å²) in [6.45, 7) is 9.22. The van der Waals surface area contributed by atoms with Crippen LogP contribution >= 0.6 is 0 Å². The molecule has 0 amide bonds. The van der Waals surface area contributed by atoms with Gasteiger partial charge in [-0.2, -0.15) is 8.73 Å². The van der Waals surface area contributed by atoms with Gasteiger partial charge in [-0.15, -0.1) is 0 Å². The summed E-state index contributed by atoms with van der Waals surface area (Å²) in [7, 11) is 0. The number of fused-ring (bicyclic) bond motifs is 4. The Kier molecular flexibility index (Phi) is 10.4. The molecule has 0 saturated heterocycles. The van der Waals surface area contributed by atoms with Crippen molar-refractivity contribution < 1.29 is 4.63 Å². The van der Waals surface area contributed by atoms with Crippen molar-refractivity contribution in [3.8, 4) is 44.5 Å². The average Bonchev–Trinajstić information content (AvgIpc) is 3.95. The Balaban J connectivity index is 1.06. The fourth-order valence-electron chi connectivity index (χ4n) is 8.79. The maximum atomic E-state index is 5.48. The summed E-state index contributed by atoms with van der Waals surface area (Å²) in [4.78, 5) is 0. The van der Waals surface area contributed by atoms with Gasteiger partial charge in [-0.25, -0.2) is 4.63 Å². The summed E-state index contributed by atoms with van der Waals surface area (Å²) in [6.07, 6.45) is 8.43. The Bertz CT molecular complexity index is 2810. The number of benzene rings is 7. The predicted octanol–water partition coefficient (Wildman–Crippen LogP) is 15.3. The molecule has 1 aliphatic heterocycles. The Labute approximate surface area is 339 Å². The molecule has 2 heterocycles. The van der Waals surface area contributed by atoms with Crippen LogP contribution in [0.1, 0.15) is 70.9 Å². The summed E-state index contributed by atoms with van der Waals surface area (Å²) in [5.74, 6) is 1.36. The highest BCUT2D eigenvalue weighted by atomic mass is 32.1. The van der Waals surface area contributed by atoms with Gasteiger partial charge in [0.2, 0.25) is 0 Å². The molecule has 2 unspecified atom stereocenters. The van der Waals surface area contributed by atoms with Crippen LogP contribution in [-0.2, 0) is 24.2 Å². The maximum absolute atomic E-state index is 5.48. The van der Waals surface area contributed by atoms with E-state index in [-0.39, 0.29) is 0 Å². The Morgan fingerprint density at radius 2 is 1.00 bits per heavy atom. The molecule has 2 atom stereocenters. The molecule has 0 aliphatic carbocycles. The van der Waals surface area contributed by atoms with Gasteiger partial charge in [-0.1, -0.05) is 181 Å². The van der Waals surface area contributed by atoms with Gasteiger partial charge in [0.1, 0.15) is 22.4 Å². The standard InChI is InChI=1S/C51H48N4OS/c1-5-8-13-33(7-3)31-39-27-29-43(45-17-12-10-15-41(39)45)35-20-24-37(25-21-35)47-49-48(52-56-53-49)46(50-51(47)55-57-54-50)36-22-18-34(19-23-36)42-28-26-38(30-32(4)6-2)40-14-9-11-16-44(40)42/h9-12,14-29,32-33H,5-8,13,30-31H2,1-4H3.